The molecule has 0 bridgehead atoms. The zero-order chi connectivity index (χ0) is 15.6. The number of carbonyl (C=O) groups is 1. The Balaban J connectivity index is 2.28. The summed E-state index contributed by atoms with van der Waals surface area (Å²) in [4.78, 5) is 20.7. The molecule has 5 nitrogen and oxygen atoms in total. The van der Waals surface area contributed by atoms with E-state index in [-0.39, 0.29) is 17.7 Å². The molecule has 0 aromatic carbocycles. The first-order valence-electron chi connectivity index (χ1n) is 6.50. The first-order valence-corrected chi connectivity index (χ1v) is 7.70. The largest absolute Gasteiger partial charge is 0.476 e. The minimum atomic E-state index is -1.07. The molecule has 2 N–H and O–H groups in total. The Hall–Kier alpha value is -1.66. The van der Waals surface area contributed by atoms with Gasteiger partial charge in [-0.15, -0.1) is 11.3 Å². The molecular weight excluding hydrogens is 310 g/mol. The summed E-state index contributed by atoms with van der Waals surface area (Å²) in [5.41, 5.74) is 0.395. The number of aromatic carboxylic acids is 1. The molecule has 112 valence electrons. The Morgan fingerprint density at radius 2 is 2.10 bits per heavy atom. The third-order valence-corrected chi connectivity index (χ3v) is 4.33. The first-order chi connectivity index (χ1) is 9.88. The predicted octanol–water partition coefficient (Wildman–Crippen LogP) is 4.19. The summed E-state index contributed by atoms with van der Waals surface area (Å²) in [5.74, 6) is -0.478. The van der Waals surface area contributed by atoms with Gasteiger partial charge in [-0.05, 0) is 19.1 Å². The van der Waals surface area contributed by atoms with Gasteiger partial charge in [0.05, 0.1) is 22.3 Å². The number of carboxylic acid groups (broad SMARTS) is 1. The number of hydrogen-bond acceptors (Lipinski definition) is 5. The van der Waals surface area contributed by atoms with Crippen LogP contribution < -0.4 is 5.32 Å². The zero-order valence-electron chi connectivity index (χ0n) is 11.9. The van der Waals surface area contributed by atoms with E-state index < -0.39 is 5.97 Å². The SMILES string of the molecule is CC(C)c1ncc(NC(C)c2ccc(Cl)s2)c(C(=O)O)n1. The Morgan fingerprint density at radius 3 is 2.62 bits per heavy atom. The van der Waals surface area contributed by atoms with Crippen LogP contribution in [0, 0.1) is 0 Å². The van der Waals surface area contributed by atoms with Crippen molar-refractivity contribution >= 4 is 34.6 Å². The van der Waals surface area contributed by atoms with Crippen LogP contribution in [0.5, 0.6) is 0 Å². The number of nitrogens with one attached hydrogen (secondary N) is 1. The summed E-state index contributed by atoms with van der Waals surface area (Å²) in [7, 11) is 0. The molecule has 0 saturated carbocycles. The van der Waals surface area contributed by atoms with Gasteiger partial charge in [-0.3, -0.25) is 0 Å². The molecular formula is C14H16ClN3O2S. The van der Waals surface area contributed by atoms with Crippen LogP contribution in [-0.4, -0.2) is 21.0 Å². The van der Waals surface area contributed by atoms with Gasteiger partial charge in [0.1, 0.15) is 5.82 Å². The van der Waals surface area contributed by atoms with Gasteiger partial charge in [-0.25, -0.2) is 14.8 Å². The highest BCUT2D eigenvalue weighted by molar-refractivity contribution is 7.16. The highest BCUT2D eigenvalue weighted by Gasteiger charge is 2.18. The molecule has 2 heterocycles. The van der Waals surface area contributed by atoms with Gasteiger partial charge in [0.2, 0.25) is 0 Å². The lowest BCUT2D eigenvalue weighted by Gasteiger charge is -2.16. The van der Waals surface area contributed by atoms with Crippen LogP contribution in [0.3, 0.4) is 0 Å². The topological polar surface area (TPSA) is 75.1 Å². The molecule has 2 aromatic rings. The molecule has 1 unspecified atom stereocenters. The molecule has 0 aliphatic carbocycles. The summed E-state index contributed by atoms with van der Waals surface area (Å²) >= 11 is 7.37. The van der Waals surface area contributed by atoms with Crippen molar-refractivity contribution in [3.8, 4) is 0 Å². The number of anilines is 1. The molecule has 2 rings (SSSR count). The van der Waals surface area contributed by atoms with E-state index in [9.17, 15) is 9.90 Å². The van der Waals surface area contributed by atoms with Crippen LogP contribution in [0.4, 0.5) is 5.69 Å². The Labute approximate surface area is 132 Å². The highest BCUT2D eigenvalue weighted by Crippen LogP contribution is 2.29. The first kappa shape index (κ1) is 15.7. The molecule has 0 aliphatic heterocycles. The second-order valence-electron chi connectivity index (χ2n) is 4.96. The van der Waals surface area contributed by atoms with Crippen LogP contribution in [-0.2, 0) is 0 Å². The van der Waals surface area contributed by atoms with Crippen LogP contribution in [0.1, 0.15) is 53.9 Å². The average Bonchev–Trinajstić information content (AvgIpc) is 2.85. The van der Waals surface area contributed by atoms with E-state index in [2.05, 4.69) is 15.3 Å². The minimum Gasteiger partial charge on any atom is -0.476 e. The number of aromatic nitrogens is 2. The minimum absolute atomic E-state index is 0.0109. The van der Waals surface area contributed by atoms with Crippen LogP contribution in [0.2, 0.25) is 4.34 Å². The number of halogens is 1. The third kappa shape index (κ3) is 3.71. The van der Waals surface area contributed by atoms with Gasteiger partial charge in [0.25, 0.3) is 0 Å². The van der Waals surface area contributed by atoms with Crippen LogP contribution >= 0.6 is 22.9 Å². The summed E-state index contributed by atoms with van der Waals surface area (Å²) < 4.78 is 0.698. The maximum Gasteiger partial charge on any atom is 0.356 e. The van der Waals surface area contributed by atoms with Crippen LogP contribution in [0.15, 0.2) is 18.3 Å². The molecule has 0 amide bonds. The van der Waals surface area contributed by atoms with Crippen LogP contribution in [0.25, 0.3) is 0 Å². The van der Waals surface area contributed by atoms with Gasteiger partial charge >= 0.3 is 5.97 Å². The second-order valence-corrected chi connectivity index (χ2v) is 6.70. The van der Waals surface area contributed by atoms with Gasteiger partial charge in [0, 0.05) is 10.8 Å². The molecule has 1 atom stereocenters. The van der Waals surface area contributed by atoms with Crippen molar-refractivity contribution in [2.75, 3.05) is 5.32 Å². The zero-order valence-corrected chi connectivity index (χ0v) is 13.5. The van der Waals surface area contributed by atoms with Crippen molar-refractivity contribution < 1.29 is 9.90 Å². The van der Waals surface area contributed by atoms with Crippen molar-refractivity contribution in [2.45, 2.75) is 32.7 Å². The number of nitrogens with zero attached hydrogens (tertiary/aromatic N) is 2. The molecule has 7 heteroatoms. The van der Waals surface area contributed by atoms with Gasteiger partial charge in [-0.1, -0.05) is 25.4 Å². The van der Waals surface area contributed by atoms with Crippen molar-refractivity contribution in [3.63, 3.8) is 0 Å². The normalized spacial score (nSPS) is 12.4. The van der Waals surface area contributed by atoms with E-state index in [4.69, 9.17) is 11.6 Å². The van der Waals surface area contributed by atoms with E-state index in [1.807, 2.05) is 32.9 Å². The number of hydrogen-bond donors (Lipinski definition) is 2. The highest BCUT2D eigenvalue weighted by atomic mass is 35.5. The fourth-order valence-electron chi connectivity index (χ4n) is 1.81. The molecule has 0 spiro atoms. The van der Waals surface area contributed by atoms with E-state index in [1.165, 1.54) is 17.5 Å². The summed E-state index contributed by atoms with van der Waals surface area (Å²) in [5, 5.41) is 12.4. The number of carboxylic acids is 1. The van der Waals surface area contributed by atoms with Gasteiger partial charge < -0.3 is 10.4 Å². The third-order valence-electron chi connectivity index (χ3n) is 2.92. The summed E-state index contributed by atoms with van der Waals surface area (Å²) in [6.07, 6.45) is 1.53. The fraction of sp³-hybridized carbons (Fsp3) is 0.357. The van der Waals surface area contributed by atoms with Crippen molar-refractivity contribution in [1.29, 1.82) is 0 Å². The van der Waals surface area contributed by atoms with E-state index in [0.717, 1.165) is 4.88 Å². The van der Waals surface area contributed by atoms with E-state index >= 15 is 0 Å². The Morgan fingerprint density at radius 1 is 1.38 bits per heavy atom. The molecule has 0 fully saturated rings. The fourth-order valence-corrected chi connectivity index (χ4v) is 2.87. The predicted molar refractivity (Wildman–Crippen MR) is 84.4 cm³/mol. The maximum atomic E-state index is 11.4. The van der Waals surface area contributed by atoms with Gasteiger partial charge in [-0.2, -0.15) is 0 Å². The standard InChI is InChI=1S/C14H16ClN3O2S/c1-7(2)13-16-6-9(12(18-13)14(19)20)17-8(3)10-4-5-11(15)21-10/h4-8,17H,1-3H3,(H,19,20). The van der Waals surface area contributed by atoms with Crippen molar-refractivity contribution in [2.24, 2.45) is 0 Å². The summed E-state index contributed by atoms with van der Waals surface area (Å²) in [6.45, 7) is 5.78. The smallest absolute Gasteiger partial charge is 0.356 e. The Kier molecular flexibility index (Phi) is 4.80. The lowest BCUT2D eigenvalue weighted by Crippen LogP contribution is -2.14. The molecule has 0 aliphatic rings. The quantitative estimate of drug-likeness (QED) is 0.862. The number of rotatable bonds is 5. The maximum absolute atomic E-state index is 11.4. The van der Waals surface area contributed by atoms with Gasteiger partial charge in [0.15, 0.2) is 5.69 Å². The lowest BCUT2D eigenvalue weighted by molar-refractivity contribution is 0.0691. The van der Waals surface area contributed by atoms with E-state index in [0.29, 0.717) is 15.8 Å². The van der Waals surface area contributed by atoms with Crippen molar-refractivity contribution in [3.05, 3.63) is 39.1 Å². The number of thiophene rings is 1. The average molecular weight is 326 g/mol. The van der Waals surface area contributed by atoms with E-state index in [1.54, 1.807) is 0 Å². The lowest BCUT2D eigenvalue weighted by atomic mass is 10.2. The molecule has 0 saturated heterocycles. The molecule has 0 radical (unpaired) electrons. The summed E-state index contributed by atoms with van der Waals surface area (Å²) in [6, 6.07) is 3.65. The second kappa shape index (κ2) is 6.41. The molecule has 2 aromatic heterocycles. The molecule has 21 heavy (non-hydrogen) atoms. The monoisotopic (exact) mass is 325 g/mol. The van der Waals surface area contributed by atoms with Crippen molar-refractivity contribution in [1.82, 2.24) is 9.97 Å². The Bertz CT molecular complexity index is 657.